The van der Waals surface area contributed by atoms with Gasteiger partial charge in [0.2, 0.25) is 0 Å². The van der Waals surface area contributed by atoms with Crippen molar-refractivity contribution in [1.82, 2.24) is 9.55 Å². The molecule has 1 heterocycles. The summed E-state index contributed by atoms with van der Waals surface area (Å²) in [6.45, 7) is 0. The van der Waals surface area contributed by atoms with Crippen LogP contribution in [0.1, 0.15) is 18.9 Å². The lowest BCUT2D eigenvalue weighted by Gasteiger charge is -2.34. The Morgan fingerprint density at radius 1 is 1.28 bits per heavy atom. The minimum Gasteiger partial charge on any atom is -0.481 e. The number of carboxylic acids is 1. The van der Waals surface area contributed by atoms with Crippen molar-refractivity contribution in [2.45, 2.75) is 18.9 Å². The lowest BCUT2D eigenvalue weighted by molar-refractivity contribution is -0.145. The molecule has 0 saturated heterocycles. The van der Waals surface area contributed by atoms with Gasteiger partial charge in [-0.1, -0.05) is 30.3 Å². The molecule has 1 aromatic carbocycles. The Bertz CT molecular complexity index is 556. The monoisotopic (exact) mass is 242 g/mol. The summed E-state index contributed by atoms with van der Waals surface area (Å²) in [5.74, 6) is -0.881. The van der Waals surface area contributed by atoms with Crippen molar-refractivity contribution in [3.63, 3.8) is 0 Å². The van der Waals surface area contributed by atoms with Crippen molar-refractivity contribution >= 4 is 5.97 Å². The van der Waals surface area contributed by atoms with Gasteiger partial charge in [-0.3, -0.25) is 4.79 Å². The number of benzene rings is 1. The van der Waals surface area contributed by atoms with Crippen LogP contribution < -0.4 is 0 Å². The van der Waals surface area contributed by atoms with Gasteiger partial charge in [0.05, 0.1) is 24.1 Å². The van der Waals surface area contributed by atoms with Crippen molar-refractivity contribution in [2.75, 3.05) is 0 Å². The molecule has 3 rings (SSSR count). The summed E-state index contributed by atoms with van der Waals surface area (Å²) in [4.78, 5) is 15.0. The lowest BCUT2D eigenvalue weighted by Crippen LogP contribution is -2.32. The van der Waals surface area contributed by atoms with Gasteiger partial charge in [0.15, 0.2) is 0 Å². The minimum atomic E-state index is -0.687. The van der Waals surface area contributed by atoms with E-state index in [1.165, 1.54) is 0 Å². The molecule has 0 atom stereocenters. The third-order valence-electron chi connectivity index (χ3n) is 3.59. The van der Waals surface area contributed by atoms with E-state index in [4.69, 9.17) is 5.11 Å². The zero-order valence-corrected chi connectivity index (χ0v) is 9.86. The van der Waals surface area contributed by atoms with E-state index < -0.39 is 5.97 Å². The van der Waals surface area contributed by atoms with Crippen LogP contribution in [0.15, 0.2) is 42.9 Å². The molecule has 18 heavy (non-hydrogen) atoms. The molecule has 4 nitrogen and oxygen atoms in total. The first-order valence-corrected chi connectivity index (χ1v) is 6.06. The molecule has 0 spiro atoms. The van der Waals surface area contributed by atoms with Crippen molar-refractivity contribution < 1.29 is 9.90 Å². The maximum absolute atomic E-state index is 10.8. The maximum atomic E-state index is 10.8. The van der Waals surface area contributed by atoms with E-state index in [1.807, 2.05) is 36.5 Å². The molecule has 1 aliphatic carbocycles. The molecule has 92 valence electrons. The van der Waals surface area contributed by atoms with Gasteiger partial charge in [-0.25, -0.2) is 4.98 Å². The summed E-state index contributed by atoms with van der Waals surface area (Å²) in [5.41, 5.74) is 2.18. The van der Waals surface area contributed by atoms with Crippen LogP contribution in [0.3, 0.4) is 0 Å². The maximum Gasteiger partial charge on any atom is 0.306 e. The minimum absolute atomic E-state index is 0.193. The van der Waals surface area contributed by atoms with Crippen molar-refractivity contribution in [2.24, 2.45) is 5.92 Å². The van der Waals surface area contributed by atoms with E-state index in [2.05, 4.69) is 9.55 Å². The topological polar surface area (TPSA) is 55.1 Å². The second-order valence-corrected chi connectivity index (χ2v) is 4.71. The number of aromatic nitrogens is 2. The van der Waals surface area contributed by atoms with E-state index in [9.17, 15) is 4.79 Å². The summed E-state index contributed by atoms with van der Waals surface area (Å²) in [6.07, 6.45) is 5.03. The number of rotatable bonds is 3. The van der Waals surface area contributed by atoms with Gasteiger partial charge in [-0.15, -0.1) is 0 Å². The van der Waals surface area contributed by atoms with Crippen LogP contribution in [0, 0.1) is 5.92 Å². The molecule has 2 aromatic rings. The Balaban J connectivity index is 1.84. The molecule has 1 N–H and O–H groups in total. The molecular formula is C14H14N2O2. The predicted octanol–water partition coefficient (Wildman–Crippen LogP) is 2.59. The fourth-order valence-corrected chi connectivity index (χ4v) is 2.44. The highest BCUT2D eigenvalue weighted by Crippen LogP contribution is 2.40. The predicted molar refractivity (Wildman–Crippen MR) is 67.1 cm³/mol. The number of imidazole rings is 1. The smallest absolute Gasteiger partial charge is 0.306 e. The first kappa shape index (κ1) is 11.0. The van der Waals surface area contributed by atoms with Gasteiger partial charge in [-0.05, 0) is 18.4 Å². The van der Waals surface area contributed by atoms with Crippen LogP contribution in [0.25, 0.3) is 11.3 Å². The van der Waals surface area contributed by atoms with Crippen LogP contribution in [0.4, 0.5) is 0 Å². The second kappa shape index (κ2) is 4.29. The normalized spacial score (nSPS) is 22.4. The second-order valence-electron chi connectivity index (χ2n) is 4.71. The summed E-state index contributed by atoms with van der Waals surface area (Å²) in [7, 11) is 0. The van der Waals surface area contributed by atoms with E-state index in [0.29, 0.717) is 12.8 Å². The molecule has 0 unspecified atom stereocenters. The third-order valence-corrected chi connectivity index (χ3v) is 3.59. The summed E-state index contributed by atoms with van der Waals surface area (Å²) in [6, 6.07) is 10.3. The Morgan fingerprint density at radius 3 is 2.67 bits per heavy atom. The Morgan fingerprint density at radius 2 is 2.00 bits per heavy atom. The molecule has 0 aliphatic heterocycles. The molecule has 1 aromatic heterocycles. The number of nitrogens with zero attached hydrogens (tertiary/aromatic N) is 2. The Hall–Kier alpha value is -2.10. The number of aliphatic carboxylic acids is 1. The highest BCUT2D eigenvalue weighted by molar-refractivity contribution is 5.71. The van der Waals surface area contributed by atoms with Crippen molar-refractivity contribution in [3.05, 3.63) is 42.9 Å². The van der Waals surface area contributed by atoms with Crippen molar-refractivity contribution in [1.29, 1.82) is 0 Å². The molecule has 0 amide bonds. The average Bonchev–Trinajstić information content (AvgIpc) is 2.77. The molecule has 1 saturated carbocycles. The number of carbonyl (C=O) groups is 1. The van der Waals surface area contributed by atoms with Gasteiger partial charge >= 0.3 is 5.97 Å². The van der Waals surface area contributed by atoms with Crippen LogP contribution >= 0.6 is 0 Å². The van der Waals surface area contributed by atoms with E-state index >= 15 is 0 Å². The first-order valence-electron chi connectivity index (χ1n) is 6.06. The average molecular weight is 242 g/mol. The van der Waals surface area contributed by atoms with E-state index in [-0.39, 0.29) is 12.0 Å². The quantitative estimate of drug-likeness (QED) is 0.900. The molecule has 0 radical (unpaired) electrons. The highest BCUT2D eigenvalue weighted by atomic mass is 16.4. The SMILES string of the molecule is O=C(O)C1CC(n2cncc2-c2ccccc2)C1. The Labute approximate surface area is 105 Å². The molecule has 4 heteroatoms. The summed E-state index contributed by atoms with van der Waals surface area (Å²) in [5, 5.41) is 8.91. The van der Waals surface area contributed by atoms with Gasteiger partial charge < -0.3 is 9.67 Å². The lowest BCUT2D eigenvalue weighted by atomic mass is 9.80. The first-order chi connectivity index (χ1) is 8.75. The number of hydrogen-bond acceptors (Lipinski definition) is 2. The zero-order valence-electron chi connectivity index (χ0n) is 9.86. The van der Waals surface area contributed by atoms with Gasteiger partial charge in [0.25, 0.3) is 0 Å². The standard InChI is InChI=1S/C14H14N2O2/c17-14(18)11-6-12(7-11)16-9-15-8-13(16)10-4-2-1-3-5-10/h1-5,8-9,11-12H,6-7H2,(H,17,18). The van der Waals surface area contributed by atoms with Crippen molar-refractivity contribution in [3.8, 4) is 11.3 Å². The molecule has 1 fully saturated rings. The zero-order chi connectivity index (χ0) is 12.5. The molecule has 1 aliphatic rings. The fraction of sp³-hybridized carbons (Fsp3) is 0.286. The number of carboxylic acid groups (broad SMARTS) is 1. The third kappa shape index (κ3) is 1.79. The number of hydrogen-bond donors (Lipinski definition) is 1. The van der Waals surface area contributed by atoms with Crippen LogP contribution in [0.2, 0.25) is 0 Å². The van der Waals surface area contributed by atoms with E-state index in [0.717, 1.165) is 11.3 Å². The summed E-state index contributed by atoms with van der Waals surface area (Å²) >= 11 is 0. The molecule has 0 bridgehead atoms. The molecular weight excluding hydrogens is 228 g/mol. The summed E-state index contributed by atoms with van der Waals surface area (Å²) < 4.78 is 2.09. The highest BCUT2D eigenvalue weighted by Gasteiger charge is 2.36. The van der Waals surface area contributed by atoms with Crippen LogP contribution in [0.5, 0.6) is 0 Å². The van der Waals surface area contributed by atoms with E-state index in [1.54, 1.807) is 6.33 Å². The Kier molecular flexibility index (Phi) is 2.63. The van der Waals surface area contributed by atoms with Gasteiger partial charge in [0.1, 0.15) is 0 Å². The van der Waals surface area contributed by atoms with Crippen LogP contribution in [-0.2, 0) is 4.79 Å². The van der Waals surface area contributed by atoms with Gasteiger partial charge in [-0.2, -0.15) is 0 Å². The van der Waals surface area contributed by atoms with Crippen LogP contribution in [-0.4, -0.2) is 20.6 Å². The largest absolute Gasteiger partial charge is 0.481 e. The van der Waals surface area contributed by atoms with Gasteiger partial charge in [0, 0.05) is 6.04 Å². The fourth-order valence-electron chi connectivity index (χ4n) is 2.44.